The van der Waals surface area contributed by atoms with Crippen molar-refractivity contribution < 1.29 is 14.2 Å². The molecule has 0 aromatic rings. The Morgan fingerprint density at radius 1 is 0.938 bits per heavy atom. The second-order valence-corrected chi connectivity index (χ2v) is 3.81. The van der Waals surface area contributed by atoms with Gasteiger partial charge in [-0.2, -0.15) is 0 Å². The van der Waals surface area contributed by atoms with Crippen LogP contribution >= 0.6 is 0 Å². The monoisotopic (exact) mass is 232 g/mol. The normalized spacial score (nSPS) is 17.8. The third-order valence-electron chi connectivity index (χ3n) is 2.57. The Labute approximate surface area is 98.0 Å². The van der Waals surface area contributed by atoms with Gasteiger partial charge in [0.15, 0.2) is 0 Å². The van der Waals surface area contributed by atoms with Gasteiger partial charge in [0.25, 0.3) is 0 Å². The largest absolute Gasteiger partial charge is 0.382 e. The molecule has 0 unspecified atom stereocenters. The molecule has 0 bridgehead atoms. The topological polar surface area (TPSA) is 43.0 Å². The Morgan fingerprint density at radius 3 is 2.25 bits per heavy atom. The highest BCUT2D eigenvalue weighted by atomic mass is 16.5. The minimum Gasteiger partial charge on any atom is -0.382 e. The minimum absolute atomic E-state index is 0.650. The number of rotatable bonds is 9. The van der Waals surface area contributed by atoms with Crippen molar-refractivity contribution in [2.24, 2.45) is 0 Å². The van der Waals surface area contributed by atoms with E-state index in [1.54, 1.807) is 7.11 Å². The first-order valence-corrected chi connectivity index (χ1v) is 6.01. The molecule has 1 N–H and O–H groups in total. The van der Waals surface area contributed by atoms with Gasteiger partial charge in [-0.3, -0.25) is 4.90 Å². The average Bonchev–Trinajstić information content (AvgIpc) is 2.34. The van der Waals surface area contributed by atoms with Crippen LogP contribution in [0.4, 0.5) is 0 Å². The van der Waals surface area contributed by atoms with E-state index >= 15 is 0 Å². The van der Waals surface area contributed by atoms with E-state index in [0.29, 0.717) is 26.4 Å². The van der Waals surface area contributed by atoms with Crippen molar-refractivity contribution in [3.05, 3.63) is 0 Å². The quantitative estimate of drug-likeness (QED) is 0.547. The van der Waals surface area contributed by atoms with Gasteiger partial charge in [0.05, 0.1) is 33.0 Å². The molecule has 0 aromatic heterocycles. The molecule has 0 amide bonds. The molecule has 0 saturated carbocycles. The van der Waals surface area contributed by atoms with Gasteiger partial charge in [0, 0.05) is 39.8 Å². The molecular weight excluding hydrogens is 208 g/mol. The zero-order chi connectivity index (χ0) is 11.5. The van der Waals surface area contributed by atoms with Crippen molar-refractivity contribution >= 4 is 0 Å². The lowest BCUT2D eigenvalue weighted by Gasteiger charge is -2.26. The van der Waals surface area contributed by atoms with Crippen LogP contribution in [0.5, 0.6) is 0 Å². The molecule has 5 heteroatoms. The van der Waals surface area contributed by atoms with Gasteiger partial charge in [-0.25, -0.2) is 0 Å². The number of hydrogen-bond donors (Lipinski definition) is 1. The van der Waals surface area contributed by atoms with Crippen molar-refractivity contribution in [3.8, 4) is 0 Å². The van der Waals surface area contributed by atoms with E-state index in [4.69, 9.17) is 14.2 Å². The third-order valence-corrected chi connectivity index (χ3v) is 2.57. The number of piperazine rings is 1. The molecule has 0 aliphatic carbocycles. The van der Waals surface area contributed by atoms with E-state index in [1.165, 1.54) is 0 Å². The van der Waals surface area contributed by atoms with Crippen LogP contribution in [-0.2, 0) is 14.2 Å². The number of methoxy groups -OCH3 is 1. The number of nitrogens with one attached hydrogen (secondary N) is 1. The molecule has 1 aliphatic rings. The van der Waals surface area contributed by atoms with Crippen molar-refractivity contribution in [2.75, 3.05) is 72.9 Å². The van der Waals surface area contributed by atoms with E-state index in [2.05, 4.69) is 10.2 Å². The minimum atomic E-state index is 0.650. The Hall–Kier alpha value is -0.200. The Morgan fingerprint density at radius 2 is 1.56 bits per heavy atom. The van der Waals surface area contributed by atoms with E-state index in [9.17, 15) is 0 Å². The summed E-state index contributed by atoms with van der Waals surface area (Å²) in [4.78, 5) is 2.42. The predicted molar refractivity (Wildman–Crippen MR) is 62.8 cm³/mol. The zero-order valence-electron chi connectivity index (χ0n) is 10.2. The molecular formula is C11H24N2O3. The van der Waals surface area contributed by atoms with Crippen LogP contribution in [-0.4, -0.2) is 77.8 Å². The van der Waals surface area contributed by atoms with E-state index < -0.39 is 0 Å². The maximum Gasteiger partial charge on any atom is 0.0701 e. The van der Waals surface area contributed by atoms with Crippen molar-refractivity contribution in [3.63, 3.8) is 0 Å². The zero-order valence-corrected chi connectivity index (χ0v) is 10.2. The molecule has 0 aromatic carbocycles. The third kappa shape index (κ3) is 7.14. The van der Waals surface area contributed by atoms with Gasteiger partial charge in [-0.1, -0.05) is 0 Å². The highest BCUT2D eigenvalue weighted by molar-refractivity contribution is 4.66. The molecule has 1 fully saturated rings. The van der Waals surface area contributed by atoms with Gasteiger partial charge in [-0.15, -0.1) is 0 Å². The highest BCUT2D eigenvalue weighted by Gasteiger charge is 2.07. The van der Waals surface area contributed by atoms with Gasteiger partial charge >= 0.3 is 0 Å². The molecule has 0 radical (unpaired) electrons. The molecule has 0 atom stereocenters. The predicted octanol–water partition coefficient (Wildman–Crippen LogP) is -0.429. The molecule has 1 rings (SSSR count). The standard InChI is InChI=1S/C11H24N2O3/c1-14-8-9-16-11-10-15-7-6-13-4-2-12-3-5-13/h12H,2-11H2,1H3. The summed E-state index contributed by atoms with van der Waals surface area (Å²) in [5.41, 5.74) is 0. The first-order valence-electron chi connectivity index (χ1n) is 6.01. The van der Waals surface area contributed by atoms with E-state index in [1.807, 2.05) is 0 Å². The first-order chi connectivity index (χ1) is 7.93. The number of ether oxygens (including phenoxy) is 3. The molecule has 1 heterocycles. The highest BCUT2D eigenvalue weighted by Crippen LogP contribution is 1.91. The first kappa shape index (κ1) is 13.9. The molecule has 1 saturated heterocycles. The van der Waals surface area contributed by atoms with Crippen LogP contribution in [0, 0.1) is 0 Å². The SMILES string of the molecule is COCCOCCOCCN1CCNCC1. The summed E-state index contributed by atoms with van der Waals surface area (Å²) in [6.07, 6.45) is 0. The maximum absolute atomic E-state index is 5.49. The summed E-state index contributed by atoms with van der Waals surface area (Å²) in [5, 5.41) is 3.33. The lowest BCUT2D eigenvalue weighted by molar-refractivity contribution is 0.0188. The van der Waals surface area contributed by atoms with Crippen molar-refractivity contribution in [1.29, 1.82) is 0 Å². The van der Waals surface area contributed by atoms with Gasteiger partial charge < -0.3 is 19.5 Å². The average molecular weight is 232 g/mol. The smallest absolute Gasteiger partial charge is 0.0701 e. The second-order valence-electron chi connectivity index (χ2n) is 3.81. The molecule has 1 aliphatic heterocycles. The van der Waals surface area contributed by atoms with Crippen LogP contribution < -0.4 is 5.32 Å². The lowest BCUT2D eigenvalue weighted by Crippen LogP contribution is -2.44. The maximum atomic E-state index is 5.49. The summed E-state index contributed by atoms with van der Waals surface area (Å²) in [5.74, 6) is 0. The fourth-order valence-corrected chi connectivity index (χ4v) is 1.59. The number of hydrogen-bond acceptors (Lipinski definition) is 5. The van der Waals surface area contributed by atoms with Crippen molar-refractivity contribution in [2.45, 2.75) is 0 Å². The lowest BCUT2D eigenvalue weighted by atomic mass is 10.4. The summed E-state index contributed by atoms with van der Waals surface area (Å²) in [7, 11) is 1.67. The van der Waals surface area contributed by atoms with E-state index in [0.717, 1.165) is 39.3 Å². The van der Waals surface area contributed by atoms with Crippen LogP contribution in [0.3, 0.4) is 0 Å². The van der Waals surface area contributed by atoms with Gasteiger partial charge in [-0.05, 0) is 0 Å². The summed E-state index contributed by atoms with van der Waals surface area (Å²) >= 11 is 0. The number of nitrogens with zero attached hydrogens (tertiary/aromatic N) is 1. The molecule has 5 nitrogen and oxygen atoms in total. The Balaban J connectivity index is 1.77. The van der Waals surface area contributed by atoms with Crippen LogP contribution in [0.2, 0.25) is 0 Å². The fraction of sp³-hybridized carbons (Fsp3) is 1.00. The summed E-state index contributed by atoms with van der Waals surface area (Å²) < 4.78 is 15.7. The van der Waals surface area contributed by atoms with Crippen LogP contribution in [0.25, 0.3) is 0 Å². The summed E-state index contributed by atoms with van der Waals surface area (Å²) in [6.45, 7) is 8.92. The van der Waals surface area contributed by atoms with Gasteiger partial charge in [0.1, 0.15) is 0 Å². The second kappa shape index (κ2) is 9.99. The Bertz CT molecular complexity index is 152. The molecule has 0 spiro atoms. The van der Waals surface area contributed by atoms with Crippen LogP contribution in [0.1, 0.15) is 0 Å². The molecule has 96 valence electrons. The Kier molecular flexibility index (Phi) is 8.65. The van der Waals surface area contributed by atoms with E-state index in [-0.39, 0.29) is 0 Å². The molecule has 16 heavy (non-hydrogen) atoms. The van der Waals surface area contributed by atoms with Gasteiger partial charge in [0.2, 0.25) is 0 Å². The summed E-state index contributed by atoms with van der Waals surface area (Å²) in [6, 6.07) is 0. The van der Waals surface area contributed by atoms with Crippen LogP contribution in [0.15, 0.2) is 0 Å². The fourth-order valence-electron chi connectivity index (χ4n) is 1.59. The van der Waals surface area contributed by atoms with Crippen molar-refractivity contribution in [1.82, 2.24) is 10.2 Å².